The quantitative estimate of drug-likeness (QED) is 0.786. The monoisotopic (exact) mass is 344 g/mol. The summed E-state index contributed by atoms with van der Waals surface area (Å²) < 4.78 is 0.852. The van der Waals surface area contributed by atoms with Crippen molar-refractivity contribution in [3.63, 3.8) is 0 Å². The summed E-state index contributed by atoms with van der Waals surface area (Å²) in [6.07, 6.45) is 0.194. The molecule has 0 bridgehead atoms. The molecule has 0 radical (unpaired) electrons. The summed E-state index contributed by atoms with van der Waals surface area (Å²) in [4.78, 5) is 30.3. The summed E-state index contributed by atoms with van der Waals surface area (Å²) in [5.41, 5.74) is 1.61. The van der Waals surface area contributed by atoms with E-state index < -0.39 is 5.92 Å². The fraction of sp³-hybridized carbons (Fsp3) is 0.188. The van der Waals surface area contributed by atoms with Gasteiger partial charge in [-0.2, -0.15) is 0 Å². The maximum absolute atomic E-state index is 12.6. The molecule has 1 atom stereocenters. The first-order chi connectivity index (χ1) is 10.1. The Bertz CT molecular complexity index is 715. The molecule has 1 aliphatic heterocycles. The number of rotatable bonds is 2. The highest BCUT2D eigenvalue weighted by Gasteiger charge is 2.40. The molecule has 0 N–H and O–H groups in total. The highest BCUT2D eigenvalue weighted by Crippen LogP contribution is 2.32. The Morgan fingerprint density at radius 2 is 1.86 bits per heavy atom. The Morgan fingerprint density at radius 1 is 1.14 bits per heavy atom. The van der Waals surface area contributed by atoms with Crippen molar-refractivity contribution in [3.8, 4) is 0 Å². The maximum Gasteiger partial charge on any atom is 0.243 e. The Morgan fingerprint density at radius 3 is 2.52 bits per heavy atom. The zero-order valence-corrected chi connectivity index (χ0v) is 13.0. The van der Waals surface area contributed by atoms with Crippen LogP contribution in [-0.2, 0) is 9.59 Å². The number of pyridine rings is 1. The molecule has 4 nitrogen and oxygen atoms in total. The lowest BCUT2D eigenvalue weighted by Gasteiger charge is -2.15. The van der Waals surface area contributed by atoms with E-state index in [0.29, 0.717) is 5.82 Å². The van der Waals surface area contributed by atoms with Crippen molar-refractivity contribution in [3.05, 3.63) is 58.2 Å². The largest absolute Gasteiger partial charge is 0.274 e. The molecule has 2 amide bonds. The number of carbonyl (C=O) groups excluding carboxylic acids is 2. The van der Waals surface area contributed by atoms with E-state index in [2.05, 4.69) is 20.9 Å². The number of aryl methyl sites for hydroxylation is 1. The third-order valence-electron chi connectivity index (χ3n) is 3.58. The first kappa shape index (κ1) is 13.9. The molecule has 3 rings (SSSR count). The number of hydrogen-bond acceptors (Lipinski definition) is 3. The van der Waals surface area contributed by atoms with Gasteiger partial charge in [-0.1, -0.05) is 30.3 Å². The minimum Gasteiger partial charge on any atom is -0.274 e. The molecular formula is C16H13BrN2O2. The van der Waals surface area contributed by atoms with Crippen LogP contribution >= 0.6 is 15.9 Å². The van der Waals surface area contributed by atoms with Gasteiger partial charge in [-0.15, -0.1) is 0 Å². The van der Waals surface area contributed by atoms with Crippen molar-refractivity contribution in [1.82, 2.24) is 4.98 Å². The van der Waals surface area contributed by atoms with Crippen molar-refractivity contribution in [1.29, 1.82) is 0 Å². The molecule has 1 saturated heterocycles. The van der Waals surface area contributed by atoms with E-state index in [1.54, 1.807) is 12.1 Å². The number of imide groups is 1. The van der Waals surface area contributed by atoms with Crippen molar-refractivity contribution in [2.75, 3.05) is 4.90 Å². The first-order valence-corrected chi connectivity index (χ1v) is 7.42. The van der Waals surface area contributed by atoms with E-state index in [1.165, 1.54) is 4.90 Å². The Labute approximate surface area is 130 Å². The molecule has 1 unspecified atom stereocenters. The topological polar surface area (TPSA) is 50.3 Å². The van der Waals surface area contributed by atoms with Crippen LogP contribution in [0, 0.1) is 6.92 Å². The number of aromatic nitrogens is 1. The second kappa shape index (κ2) is 5.41. The third kappa shape index (κ3) is 2.49. The summed E-state index contributed by atoms with van der Waals surface area (Å²) in [7, 11) is 0. The summed E-state index contributed by atoms with van der Waals surface area (Å²) >= 11 is 3.37. The molecule has 0 saturated carbocycles. The number of anilines is 1. The minimum atomic E-state index is -0.413. The molecule has 0 aliphatic carbocycles. The number of halogens is 1. The van der Waals surface area contributed by atoms with Gasteiger partial charge in [0.15, 0.2) is 0 Å². The highest BCUT2D eigenvalue weighted by molar-refractivity contribution is 9.10. The average molecular weight is 345 g/mol. The van der Waals surface area contributed by atoms with E-state index in [-0.39, 0.29) is 18.2 Å². The lowest BCUT2D eigenvalue weighted by molar-refractivity contribution is -0.121. The molecular weight excluding hydrogens is 332 g/mol. The Kier molecular flexibility index (Phi) is 3.59. The van der Waals surface area contributed by atoms with Gasteiger partial charge in [0, 0.05) is 10.9 Å². The van der Waals surface area contributed by atoms with E-state index in [9.17, 15) is 9.59 Å². The number of hydrogen-bond donors (Lipinski definition) is 0. The SMILES string of the molecule is Cc1nc(N2C(=O)CC(c3ccccc3)C2=O)ccc1Br. The van der Waals surface area contributed by atoms with Crippen LogP contribution in [0.3, 0.4) is 0 Å². The fourth-order valence-corrected chi connectivity index (χ4v) is 2.69. The molecule has 1 aromatic heterocycles. The molecule has 106 valence electrons. The van der Waals surface area contributed by atoms with Crippen LogP contribution in [-0.4, -0.2) is 16.8 Å². The second-order valence-electron chi connectivity index (χ2n) is 4.97. The van der Waals surface area contributed by atoms with Gasteiger partial charge >= 0.3 is 0 Å². The Balaban J connectivity index is 1.96. The maximum atomic E-state index is 12.6. The molecule has 1 aliphatic rings. The predicted molar refractivity (Wildman–Crippen MR) is 83.0 cm³/mol. The average Bonchev–Trinajstić information content (AvgIpc) is 2.78. The number of nitrogens with zero attached hydrogens (tertiary/aromatic N) is 2. The predicted octanol–water partition coefficient (Wildman–Crippen LogP) is 3.20. The smallest absolute Gasteiger partial charge is 0.243 e. The minimum absolute atomic E-state index is 0.194. The Hall–Kier alpha value is -2.01. The van der Waals surface area contributed by atoms with Crippen LogP contribution in [0.15, 0.2) is 46.9 Å². The summed E-state index contributed by atoms with van der Waals surface area (Å²) in [6.45, 7) is 1.83. The summed E-state index contributed by atoms with van der Waals surface area (Å²) in [5.74, 6) is -0.433. The van der Waals surface area contributed by atoms with Crippen molar-refractivity contribution < 1.29 is 9.59 Å². The molecule has 1 aromatic carbocycles. The van der Waals surface area contributed by atoms with Crippen molar-refractivity contribution in [2.24, 2.45) is 0 Å². The van der Waals surface area contributed by atoms with E-state index in [0.717, 1.165) is 15.7 Å². The van der Waals surface area contributed by atoms with Gasteiger partial charge in [0.25, 0.3) is 0 Å². The van der Waals surface area contributed by atoms with Gasteiger partial charge in [-0.05, 0) is 40.5 Å². The van der Waals surface area contributed by atoms with Crippen LogP contribution in [0.1, 0.15) is 23.6 Å². The van der Waals surface area contributed by atoms with Crippen LogP contribution in [0.4, 0.5) is 5.82 Å². The van der Waals surface area contributed by atoms with Gasteiger partial charge in [-0.25, -0.2) is 9.88 Å². The molecule has 21 heavy (non-hydrogen) atoms. The van der Waals surface area contributed by atoms with E-state index in [1.807, 2.05) is 37.3 Å². The van der Waals surface area contributed by atoms with Crippen LogP contribution in [0.5, 0.6) is 0 Å². The molecule has 2 heterocycles. The van der Waals surface area contributed by atoms with Crippen LogP contribution in [0.25, 0.3) is 0 Å². The molecule has 1 fully saturated rings. The standard InChI is InChI=1S/C16H13BrN2O2/c1-10-13(17)7-8-14(18-10)19-15(20)9-12(16(19)21)11-5-3-2-4-6-11/h2-8,12H,9H2,1H3. The van der Waals surface area contributed by atoms with E-state index >= 15 is 0 Å². The normalized spacial score (nSPS) is 18.4. The number of carbonyl (C=O) groups is 2. The number of benzene rings is 1. The van der Waals surface area contributed by atoms with Gasteiger partial charge in [0.2, 0.25) is 11.8 Å². The lowest BCUT2D eigenvalue weighted by Crippen LogP contribution is -2.31. The zero-order chi connectivity index (χ0) is 15.0. The first-order valence-electron chi connectivity index (χ1n) is 6.63. The molecule has 0 spiro atoms. The van der Waals surface area contributed by atoms with Gasteiger partial charge in [0.05, 0.1) is 11.6 Å². The van der Waals surface area contributed by atoms with Crippen LogP contribution in [0.2, 0.25) is 0 Å². The number of amides is 2. The van der Waals surface area contributed by atoms with Crippen molar-refractivity contribution >= 4 is 33.6 Å². The zero-order valence-electron chi connectivity index (χ0n) is 11.4. The highest BCUT2D eigenvalue weighted by atomic mass is 79.9. The molecule has 2 aromatic rings. The second-order valence-corrected chi connectivity index (χ2v) is 5.83. The van der Waals surface area contributed by atoms with Crippen LogP contribution < -0.4 is 4.90 Å². The van der Waals surface area contributed by atoms with Gasteiger partial charge < -0.3 is 0 Å². The third-order valence-corrected chi connectivity index (χ3v) is 4.42. The fourth-order valence-electron chi connectivity index (χ4n) is 2.47. The van der Waals surface area contributed by atoms with Crippen molar-refractivity contribution in [2.45, 2.75) is 19.3 Å². The summed E-state index contributed by atoms with van der Waals surface area (Å²) in [6, 6.07) is 12.9. The van der Waals surface area contributed by atoms with E-state index in [4.69, 9.17) is 0 Å². The van der Waals surface area contributed by atoms with Gasteiger partial charge in [0.1, 0.15) is 5.82 Å². The van der Waals surface area contributed by atoms with Gasteiger partial charge in [-0.3, -0.25) is 9.59 Å². The molecule has 5 heteroatoms. The summed E-state index contributed by atoms with van der Waals surface area (Å²) in [5, 5.41) is 0. The lowest BCUT2D eigenvalue weighted by atomic mass is 9.98.